The molecule has 0 saturated heterocycles. The molecule has 1 aromatic heterocycles. The third kappa shape index (κ3) is 3.10. The van der Waals surface area contributed by atoms with Crippen LogP contribution < -0.4 is 11.1 Å². The maximum atomic E-state index is 11.8. The summed E-state index contributed by atoms with van der Waals surface area (Å²) in [5.41, 5.74) is 5.44. The van der Waals surface area contributed by atoms with E-state index >= 15 is 0 Å². The Morgan fingerprint density at radius 2 is 2.12 bits per heavy atom. The Balaban J connectivity index is 2.66. The second kappa shape index (κ2) is 4.70. The van der Waals surface area contributed by atoms with E-state index in [4.69, 9.17) is 10.2 Å². The zero-order chi connectivity index (χ0) is 12.3. The molecule has 1 amide bonds. The van der Waals surface area contributed by atoms with Crippen molar-refractivity contribution in [3.05, 3.63) is 23.7 Å². The van der Waals surface area contributed by atoms with Crippen LogP contribution >= 0.6 is 0 Å². The molecule has 4 heteroatoms. The molecule has 0 aliphatic heterocycles. The molecule has 0 spiro atoms. The maximum absolute atomic E-state index is 11.8. The number of nitrogens with one attached hydrogen (secondary N) is 1. The molecule has 0 aliphatic rings. The topological polar surface area (TPSA) is 68.3 Å². The number of nitrogens with two attached hydrogens (primary N) is 1. The van der Waals surface area contributed by atoms with Gasteiger partial charge in [0, 0.05) is 6.04 Å². The minimum Gasteiger partial charge on any atom is -0.455 e. The van der Waals surface area contributed by atoms with Crippen molar-refractivity contribution in [2.75, 3.05) is 0 Å². The van der Waals surface area contributed by atoms with Gasteiger partial charge in [-0.3, -0.25) is 4.79 Å². The summed E-state index contributed by atoms with van der Waals surface area (Å²) in [6.45, 7) is 8.51. The molecule has 1 rings (SSSR count). The van der Waals surface area contributed by atoms with Gasteiger partial charge in [-0.1, -0.05) is 20.8 Å². The molecule has 1 aromatic rings. The third-order valence-corrected chi connectivity index (χ3v) is 2.73. The smallest absolute Gasteiger partial charge is 0.287 e. The van der Waals surface area contributed by atoms with E-state index in [-0.39, 0.29) is 17.4 Å². The first-order valence-corrected chi connectivity index (χ1v) is 5.44. The first kappa shape index (κ1) is 12.8. The quantitative estimate of drug-likeness (QED) is 0.824. The zero-order valence-electron chi connectivity index (χ0n) is 10.3. The average molecular weight is 224 g/mol. The number of hydrogen-bond acceptors (Lipinski definition) is 3. The lowest BCUT2D eigenvalue weighted by atomic mass is 9.88. The average Bonchev–Trinajstić information content (AvgIpc) is 2.64. The summed E-state index contributed by atoms with van der Waals surface area (Å²) in [6.07, 6.45) is 0. The van der Waals surface area contributed by atoms with Crippen LogP contribution in [0.5, 0.6) is 0 Å². The first-order valence-electron chi connectivity index (χ1n) is 5.44. The van der Waals surface area contributed by atoms with E-state index in [1.165, 1.54) is 0 Å². The summed E-state index contributed by atoms with van der Waals surface area (Å²) >= 11 is 0. The summed E-state index contributed by atoms with van der Waals surface area (Å²) < 4.78 is 5.27. The van der Waals surface area contributed by atoms with E-state index in [9.17, 15) is 4.79 Å². The fourth-order valence-electron chi connectivity index (χ4n) is 1.09. The van der Waals surface area contributed by atoms with Crippen LogP contribution in [-0.2, 0) is 6.54 Å². The fraction of sp³-hybridized carbons (Fsp3) is 0.583. The molecule has 1 heterocycles. The molecule has 16 heavy (non-hydrogen) atoms. The van der Waals surface area contributed by atoms with E-state index < -0.39 is 0 Å². The van der Waals surface area contributed by atoms with Gasteiger partial charge in [-0.2, -0.15) is 0 Å². The highest BCUT2D eigenvalue weighted by atomic mass is 16.4. The van der Waals surface area contributed by atoms with E-state index in [0.29, 0.717) is 18.1 Å². The van der Waals surface area contributed by atoms with Crippen LogP contribution in [0.2, 0.25) is 0 Å². The van der Waals surface area contributed by atoms with Crippen molar-refractivity contribution in [2.45, 2.75) is 40.3 Å². The summed E-state index contributed by atoms with van der Waals surface area (Å²) in [6, 6.07) is 3.44. The lowest BCUT2D eigenvalue weighted by molar-refractivity contribution is 0.0880. The Morgan fingerprint density at radius 3 is 2.56 bits per heavy atom. The van der Waals surface area contributed by atoms with Crippen LogP contribution in [0.25, 0.3) is 0 Å². The third-order valence-electron chi connectivity index (χ3n) is 2.73. The highest BCUT2D eigenvalue weighted by Crippen LogP contribution is 2.19. The van der Waals surface area contributed by atoms with Crippen molar-refractivity contribution in [1.29, 1.82) is 0 Å². The van der Waals surface area contributed by atoms with Crippen molar-refractivity contribution >= 4 is 5.91 Å². The predicted molar refractivity (Wildman–Crippen MR) is 63.0 cm³/mol. The normalized spacial score (nSPS) is 13.6. The predicted octanol–water partition coefficient (Wildman–Crippen LogP) is 1.90. The molecule has 90 valence electrons. The number of amides is 1. The van der Waals surface area contributed by atoms with Gasteiger partial charge in [-0.25, -0.2) is 0 Å². The van der Waals surface area contributed by atoms with E-state index in [0.717, 1.165) is 0 Å². The molecule has 0 radical (unpaired) electrons. The van der Waals surface area contributed by atoms with Crippen LogP contribution in [0.4, 0.5) is 0 Å². The lowest BCUT2D eigenvalue weighted by Gasteiger charge is -2.27. The van der Waals surface area contributed by atoms with Crippen molar-refractivity contribution in [3.63, 3.8) is 0 Å². The number of carbonyl (C=O) groups excluding carboxylic acids is 1. The standard InChI is InChI=1S/C12H20N2O2/c1-8(12(2,3)4)14-11(15)10-6-5-9(7-13)16-10/h5-6,8H,7,13H2,1-4H3,(H,14,15). The Labute approximate surface area is 96.2 Å². The van der Waals surface area contributed by atoms with Gasteiger partial charge in [0.2, 0.25) is 0 Å². The first-order chi connectivity index (χ1) is 7.34. The van der Waals surface area contributed by atoms with E-state index in [2.05, 4.69) is 26.1 Å². The number of furan rings is 1. The molecule has 0 fully saturated rings. The Hall–Kier alpha value is -1.29. The van der Waals surface area contributed by atoms with Gasteiger partial charge in [0.15, 0.2) is 5.76 Å². The van der Waals surface area contributed by atoms with E-state index in [1.807, 2.05) is 6.92 Å². The van der Waals surface area contributed by atoms with Crippen LogP contribution in [0.15, 0.2) is 16.5 Å². The minimum absolute atomic E-state index is 0.0267. The van der Waals surface area contributed by atoms with Gasteiger partial charge >= 0.3 is 0 Å². The summed E-state index contributed by atoms with van der Waals surface area (Å²) in [5, 5.41) is 2.90. The number of rotatable bonds is 3. The minimum atomic E-state index is -0.192. The van der Waals surface area contributed by atoms with Crippen LogP contribution in [-0.4, -0.2) is 11.9 Å². The number of hydrogen-bond donors (Lipinski definition) is 2. The molecular weight excluding hydrogens is 204 g/mol. The Bertz CT molecular complexity index is 363. The van der Waals surface area contributed by atoms with Gasteiger partial charge in [0.1, 0.15) is 5.76 Å². The van der Waals surface area contributed by atoms with Gasteiger partial charge in [0.25, 0.3) is 5.91 Å². The monoisotopic (exact) mass is 224 g/mol. The molecule has 1 atom stereocenters. The van der Waals surface area contributed by atoms with Crippen molar-refractivity contribution in [2.24, 2.45) is 11.1 Å². The SMILES string of the molecule is CC(NC(=O)c1ccc(CN)o1)C(C)(C)C. The number of carbonyl (C=O) groups is 1. The van der Waals surface area contributed by atoms with Gasteiger partial charge < -0.3 is 15.5 Å². The summed E-state index contributed by atoms with van der Waals surface area (Å²) in [7, 11) is 0. The Morgan fingerprint density at radius 1 is 1.50 bits per heavy atom. The van der Waals surface area contributed by atoms with Crippen molar-refractivity contribution in [1.82, 2.24) is 5.32 Å². The fourth-order valence-corrected chi connectivity index (χ4v) is 1.09. The zero-order valence-corrected chi connectivity index (χ0v) is 10.3. The molecule has 1 unspecified atom stereocenters. The largest absolute Gasteiger partial charge is 0.455 e. The van der Waals surface area contributed by atoms with Crippen LogP contribution in [0.1, 0.15) is 44.0 Å². The molecule has 0 aromatic carbocycles. The lowest BCUT2D eigenvalue weighted by Crippen LogP contribution is -2.41. The second-order valence-electron chi connectivity index (χ2n) is 5.03. The molecule has 3 N–H and O–H groups in total. The van der Waals surface area contributed by atoms with E-state index in [1.54, 1.807) is 12.1 Å². The highest BCUT2D eigenvalue weighted by molar-refractivity contribution is 5.91. The van der Waals surface area contributed by atoms with Crippen LogP contribution in [0.3, 0.4) is 0 Å². The second-order valence-corrected chi connectivity index (χ2v) is 5.03. The molecule has 0 bridgehead atoms. The Kier molecular flexibility index (Phi) is 3.75. The summed E-state index contributed by atoms with van der Waals surface area (Å²) in [5.74, 6) is 0.743. The summed E-state index contributed by atoms with van der Waals surface area (Å²) in [4.78, 5) is 11.8. The molecule has 0 aliphatic carbocycles. The maximum Gasteiger partial charge on any atom is 0.287 e. The van der Waals surface area contributed by atoms with Crippen molar-refractivity contribution < 1.29 is 9.21 Å². The molecular formula is C12H20N2O2. The van der Waals surface area contributed by atoms with Gasteiger partial charge in [-0.15, -0.1) is 0 Å². The molecule has 0 saturated carbocycles. The van der Waals surface area contributed by atoms with Gasteiger partial charge in [0.05, 0.1) is 6.54 Å². The van der Waals surface area contributed by atoms with Crippen LogP contribution in [0, 0.1) is 5.41 Å². The highest BCUT2D eigenvalue weighted by Gasteiger charge is 2.23. The molecule has 4 nitrogen and oxygen atoms in total. The van der Waals surface area contributed by atoms with Gasteiger partial charge in [-0.05, 0) is 24.5 Å². The van der Waals surface area contributed by atoms with Crippen molar-refractivity contribution in [3.8, 4) is 0 Å².